The van der Waals surface area contributed by atoms with Crippen LogP contribution in [-0.4, -0.2) is 4.98 Å². The lowest BCUT2D eigenvalue weighted by Gasteiger charge is -2.09. The number of H-pyrrole nitrogens is 1. The summed E-state index contributed by atoms with van der Waals surface area (Å²) in [6.07, 6.45) is 0. The first-order valence-corrected chi connectivity index (χ1v) is 7.84. The van der Waals surface area contributed by atoms with Crippen molar-refractivity contribution in [1.29, 1.82) is 0 Å². The van der Waals surface area contributed by atoms with E-state index in [1.54, 1.807) is 11.3 Å². The second-order valence-electron chi connectivity index (χ2n) is 5.13. The van der Waals surface area contributed by atoms with E-state index in [1.165, 1.54) is 10.3 Å². The second kappa shape index (κ2) is 5.38. The van der Waals surface area contributed by atoms with Gasteiger partial charge in [-0.25, -0.2) is 0 Å². The van der Waals surface area contributed by atoms with Gasteiger partial charge in [-0.2, -0.15) is 0 Å². The number of benzene rings is 2. The highest BCUT2D eigenvalue weighted by molar-refractivity contribution is 7.73. The fraction of sp³-hybridized carbons (Fsp3) is 0.188. The molecule has 4 heteroatoms. The van der Waals surface area contributed by atoms with E-state index in [0.717, 1.165) is 20.8 Å². The van der Waals surface area contributed by atoms with Gasteiger partial charge in [-0.05, 0) is 54.0 Å². The van der Waals surface area contributed by atoms with Crippen LogP contribution in [0.2, 0.25) is 0 Å². The van der Waals surface area contributed by atoms with E-state index in [-0.39, 0.29) is 0 Å². The monoisotopic (exact) mass is 300 g/mol. The third-order valence-corrected chi connectivity index (χ3v) is 4.48. The van der Waals surface area contributed by atoms with Crippen molar-refractivity contribution in [3.05, 3.63) is 52.0 Å². The van der Waals surface area contributed by atoms with Gasteiger partial charge in [0.05, 0.1) is 10.2 Å². The summed E-state index contributed by atoms with van der Waals surface area (Å²) in [6.45, 7) is 4.41. The van der Waals surface area contributed by atoms with Gasteiger partial charge in [0.2, 0.25) is 0 Å². The summed E-state index contributed by atoms with van der Waals surface area (Å²) in [4.78, 5) is 3.17. The summed E-state index contributed by atoms with van der Waals surface area (Å²) in [5.41, 5.74) is 4.64. The molecule has 102 valence electrons. The topological polar surface area (TPSA) is 27.8 Å². The van der Waals surface area contributed by atoms with Crippen molar-refractivity contribution in [2.75, 3.05) is 5.32 Å². The normalized spacial score (nSPS) is 11.2. The lowest BCUT2D eigenvalue weighted by atomic mass is 10.0. The Morgan fingerprint density at radius 1 is 1.05 bits per heavy atom. The van der Waals surface area contributed by atoms with Crippen LogP contribution in [0.5, 0.6) is 0 Å². The Hall–Kier alpha value is -1.65. The molecule has 1 heterocycles. The molecule has 1 aromatic heterocycles. The van der Waals surface area contributed by atoms with Gasteiger partial charge in [0.1, 0.15) is 0 Å². The predicted octanol–water partition coefficient (Wildman–Crippen LogP) is 5.83. The van der Waals surface area contributed by atoms with Crippen molar-refractivity contribution < 1.29 is 0 Å². The molecule has 0 spiro atoms. The molecular formula is C16H16N2S2. The average molecular weight is 300 g/mol. The van der Waals surface area contributed by atoms with Crippen molar-refractivity contribution in [3.63, 3.8) is 0 Å². The standard InChI is InChI=1S/C16H16N2S2/c1-10(2)11-3-5-12(6-4-11)17-13-7-8-14-15(9-13)20-16(19)18-14/h3-10,17H,1-2H3,(H,18,19). The fourth-order valence-electron chi connectivity index (χ4n) is 2.14. The van der Waals surface area contributed by atoms with Crippen molar-refractivity contribution in [1.82, 2.24) is 4.98 Å². The molecular weight excluding hydrogens is 284 g/mol. The van der Waals surface area contributed by atoms with Gasteiger partial charge in [-0.15, -0.1) is 11.3 Å². The third-order valence-electron chi connectivity index (χ3n) is 3.29. The first kappa shape index (κ1) is 13.3. The lowest BCUT2D eigenvalue weighted by Crippen LogP contribution is -1.91. The van der Waals surface area contributed by atoms with Crippen LogP contribution in [0.3, 0.4) is 0 Å². The number of hydrogen-bond acceptors (Lipinski definition) is 3. The average Bonchev–Trinajstić information content (AvgIpc) is 2.78. The molecule has 2 N–H and O–H groups in total. The van der Waals surface area contributed by atoms with Gasteiger partial charge >= 0.3 is 0 Å². The van der Waals surface area contributed by atoms with Crippen molar-refractivity contribution in [2.45, 2.75) is 19.8 Å². The second-order valence-corrected chi connectivity index (χ2v) is 6.85. The molecule has 0 saturated carbocycles. The molecule has 2 aromatic carbocycles. The van der Waals surface area contributed by atoms with Crippen LogP contribution >= 0.6 is 23.6 Å². The van der Waals surface area contributed by atoms with Crippen molar-refractivity contribution in [3.8, 4) is 0 Å². The minimum Gasteiger partial charge on any atom is -0.355 e. The Morgan fingerprint density at radius 2 is 1.75 bits per heavy atom. The number of aromatic amines is 1. The van der Waals surface area contributed by atoms with Gasteiger partial charge in [0, 0.05) is 11.4 Å². The predicted molar refractivity (Wildman–Crippen MR) is 90.8 cm³/mol. The van der Waals surface area contributed by atoms with E-state index in [1.807, 2.05) is 0 Å². The number of nitrogens with one attached hydrogen (secondary N) is 2. The number of anilines is 2. The van der Waals surface area contributed by atoms with Crippen LogP contribution in [0.4, 0.5) is 11.4 Å². The zero-order valence-electron chi connectivity index (χ0n) is 11.4. The van der Waals surface area contributed by atoms with Crippen molar-refractivity contribution in [2.24, 2.45) is 0 Å². The summed E-state index contributed by atoms with van der Waals surface area (Å²) in [6, 6.07) is 14.8. The Balaban J connectivity index is 1.86. The van der Waals surface area contributed by atoms with E-state index in [4.69, 9.17) is 12.2 Å². The summed E-state index contributed by atoms with van der Waals surface area (Å²) < 4.78 is 2.00. The summed E-state index contributed by atoms with van der Waals surface area (Å²) in [5.74, 6) is 0.563. The summed E-state index contributed by atoms with van der Waals surface area (Å²) in [5, 5.41) is 3.43. The van der Waals surface area contributed by atoms with Gasteiger partial charge in [0.15, 0.2) is 3.95 Å². The fourth-order valence-corrected chi connectivity index (χ4v) is 3.30. The molecule has 0 fully saturated rings. The molecule has 0 aliphatic carbocycles. The molecule has 2 nitrogen and oxygen atoms in total. The number of thiazole rings is 1. The van der Waals surface area contributed by atoms with Crippen LogP contribution < -0.4 is 5.32 Å². The lowest BCUT2D eigenvalue weighted by molar-refractivity contribution is 0.867. The van der Waals surface area contributed by atoms with Gasteiger partial charge in [-0.1, -0.05) is 26.0 Å². The highest BCUT2D eigenvalue weighted by atomic mass is 32.1. The Labute approximate surface area is 127 Å². The Kier molecular flexibility index (Phi) is 3.59. The van der Waals surface area contributed by atoms with Crippen LogP contribution in [0.25, 0.3) is 10.2 Å². The SMILES string of the molecule is CC(C)c1ccc(Nc2ccc3[nH]c(=S)sc3c2)cc1. The Bertz CT molecular complexity index is 782. The van der Waals surface area contributed by atoms with Crippen LogP contribution in [0.1, 0.15) is 25.3 Å². The van der Waals surface area contributed by atoms with E-state index in [2.05, 4.69) is 66.6 Å². The molecule has 0 saturated heterocycles. The highest BCUT2D eigenvalue weighted by Gasteiger charge is 2.01. The molecule has 0 bridgehead atoms. The number of hydrogen-bond donors (Lipinski definition) is 2. The zero-order chi connectivity index (χ0) is 14.1. The minimum absolute atomic E-state index is 0.563. The zero-order valence-corrected chi connectivity index (χ0v) is 13.1. The summed E-state index contributed by atoms with van der Waals surface area (Å²) in [7, 11) is 0. The maximum absolute atomic E-state index is 5.17. The molecule has 3 aromatic rings. The molecule has 0 aliphatic rings. The third kappa shape index (κ3) is 2.76. The van der Waals surface area contributed by atoms with Crippen LogP contribution in [-0.2, 0) is 0 Å². The van der Waals surface area contributed by atoms with E-state index >= 15 is 0 Å². The Morgan fingerprint density at radius 3 is 2.45 bits per heavy atom. The van der Waals surface area contributed by atoms with Crippen LogP contribution in [0, 0.1) is 3.95 Å². The highest BCUT2D eigenvalue weighted by Crippen LogP contribution is 2.26. The summed E-state index contributed by atoms with van der Waals surface area (Å²) >= 11 is 6.77. The maximum Gasteiger partial charge on any atom is 0.159 e. The quantitative estimate of drug-likeness (QED) is 0.596. The smallest absolute Gasteiger partial charge is 0.159 e. The maximum atomic E-state index is 5.17. The molecule has 0 aliphatic heterocycles. The van der Waals surface area contributed by atoms with E-state index in [9.17, 15) is 0 Å². The molecule has 0 unspecified atom stereocenters. The largest absolute Gasteiger partial charge is 0.355 e. The molecule has 20 heavy (non-hydrogen) atoms. The molecule has 3 rings (SSSR count). The first-order chi connectivity index (χ1) is 9.61. The van der Waals surface area contributed by atoms with Crippen LogP contribution in [0.15, 0.2) is 42.5 Å². The number of rotatable bonds is 3. The van der Waals surface area contributed by atoms with E-state index in [0.29, 0.717) is 5.92 Å². The van der Waals surface area contributed by atoms with E-state index < -0.39 is 0 Å². The number of fused-ring (bicyclic) bond motifs is 1. The molecule has 0 amide bonds. The molecule has 0 radical (unpaired) electrons. The molecule has 0 atom stereocenters. The first-order valence-electron chi connectivity index (χ1n) is 6.62. The van der Waals surface area contributed by atoms with Gasteiger partial charge in [0.25, 0.3) is 0 Å². The minimum atomic E-state index is 0.563. The van der Waals surface area contributed by atoms with Gasteiger partial charge < -0.3 is 10.3 Å². The number of aromatic nitrogens is 1. The van der Waals surface area contributed by atoms with Crippen molar-refractivity contribution >= 4 is 45.1 Å². The van der Waals surface area contributed by atoms with Gasteiger partial charge in [-0.3, -0.25) is 0 Å².